The Morgan fingerprint density at radius 1 is 1.24 bits per heavy atom. The maximum absolute atomic E-state index is 12.1. The summed E-state index contributed by atoms with van der Waals surface area (Å²) in [5, 5.41) is 8.91. The summed E-state index contributed by atoms with van der Waals surface area (Å²) in [4.78, 5) is 27.0. The number of rotatable bonds is 3. The Hall–Kier alpha value is -1.10. The lowest BCUT2D eigenvalue weighted by molar-refractivity contribution is -0.150. The number of aliphatic carboxylic acids is 1. The van der Waals surface area contributed by atoms with Gasteiger partial charge in [-0.15, -0.1) is 0 Å². The predicted octanol–water partition coefficient (Wildman–Crippen LogP) is 0.506. The molecular weight excluding hydrogens is 220 g/mol. The molecule has 1 aliphatic rings. The zero-order valence-electron chi connectivity index (χ0n) is 11.0. The number of piperazine rings is 1. The topological polar surface area (TPSA) is 60.9 Å². The van der Waals surface area contributed by atoms with E-state index in [4.69, 9.17) is 5.11 Å². The van der Waals surface area contributed by atoms with Crippen LogP contribution < -0.4 is 0 Å². The van der Waals surface area contributed by atoms with Crippen LogP contribution in [-0.4, -0.2) is 59.5 Å². The third kappa shape index (κ3) is 3.19. The normalized spacial score (nSPS) is 25.4. The average molecular weight is 242 g/mol. The standard InChI is InChI=1S/C12H22N2O3/c1-8-7-14(6-5-13(8)4)11(15)9(2)10(3)12(16)17/h8-10H,5-7H2,1-4H3,(H,16,17). The second-order valence-electron chi connectivity index (χ2n) is 5.03. The number of hydrogen-bond donors (Lipinski definition) is 1. The van der Waals surface area contributed by atoms with E-state index in [1.807, 2.05) is 7.05 Å². The van der Waals surface area contributed by atoms with E-state index in [0.29, 0.717) is 19.1 Å². The van der Waals surface area contributed by atoms with Crippen LogP contribution in [0.1, 0.15) is 20.8 Å². The third-order valence-electron chi connectivity index (χ3n) is 3.80. The molecule has 1 saturated heterocycles. The van der Waals surface area contributed by atoms with Gasteiger partial charge in [0.1, 0.15) is 0 Å². The molecule has 0 bridgehead atoms. The van der Waals surface area contributed by atoms with Crippen LogP contribution in [0.5, 0.6) is 0 Å². The molecule has 5 nitrogen and oxygen atoms in total. The molecule has 5 heteroatoms. The van der Waals surface area contributed by atoms with Crippen LogP contribution in [0.15, 0.2) is 0 Å². The first-order valence-electron chi connectivity index (χ1n) is 6.06. The Morgan fingerprint density at radius 3 is 2.29 bits per heavy atom. The molecule has 1 rings (SSSR count). The summed E-state index contributed by atoms with van der Waals surface area (Å²) < 4.78 is 0. The highest BCUT2D eigenvalue weighted by atomic mass is 16.4. The minimum Gasteiger partial charge on any atom is -0.481 e. The van der Waals surface area contributed by atoms with Crippen molar-refractivity contribution in [3.63, 3.8) is 0 Å². The van der Waals surface area contributed by atoms with Crippen LogP contribution in [0, 0.1) is 11.8 Å². The fourth-order valence-electron chi connectivity index (χ4n) is 1.96. The lowest BCUT2D eigenvalue weighted by Crippen LogP contribution is -2.53. The van der Waals surface area contributed by atoms with Crippen molar-refractivity contribution in [3.05, 3.63) is 0 Å². The van der Waals surface area contributed by atoms with Crippen LogP contribution >= 0.6 is 0 Å². The molecule has 3 unspecified atom stereocenters. The fraction of sp³-hybridized carbons (Fsp3) is 0.833. The molecular formula is C12H22N2O3. The van der Waals surface area contributed by atoms with Gasteiger partial charge < -0.3 is 14.9 Å². The number of amides is 1. The summed E-state index contributed by atoms with van der Waals surface area (Å²) >= 11 is 0. The van der Waals surface area contributed by atoms with Crippen molar-refractivity contribution in [3.8, 4) is 0 Å². The van der Waals surface area contributed by atoms with E-state index < -0.39 is 17.8 Å². The van der Waals surface area contributed by atoms with E-state index in [9.17, 15) is 9.59 Å². The van der Waals surface area contributed by atoms with E-state index in [1.54, 1.807) is 18.7 Å². The first-order chi connectivity index (χ1) is 7.84. The Bertz CT molecular complexity index is 306. The predicted molar refractivity (Wildman–Crippen MR) is 64.6 cm³/mol. The van der Waals surface area contributed by atoms with Gasteiger partial charge in [-0.1, -0.05) is 13.8 Å². The van der Waals surface area contributed by atoms with Crippen LogP contribution in [0.4, 0.5) is 0 Å². The molecule has 0 aromatic heterocycles. The van der Waals surface area contributed by atoms with Gasteiger partial charge in [-0.3, -0.25) is 9.59 Å². The first kappa shape index (κ1) is 14.0. The summed E-state index contributed by atoms with van der Waals surface area (Å²) in [6, 6.07) is 0.333. The van der Waals surface area contributed by atoms with Crippen molar-refractivity contribution in [1.82, 2.24) is 9.80 Å². The van der Waals surface area contributed by atoms with Crippen molar-refractivity contribution in [2.45, 2.75) is 26.8 Å². The molecule has 98 valence electrons. The quantitative estimate of drug-likeness (QED) is 0.783. The van der Waals surface area contributed by atoms with Gasteiger partial charge in [-0.05, 0) is 14.0 Å². The number of nitrogens with zero attached hydrogens (tertiary/aromatic N) is 2. The van der Waals surface area contributed by atoms with Crippen molar-refractivity contribution < 1.29 is 14.7 Å². The number of carbonyl (C=O) groups excluding carboxylic acids is 1. The lowest BCUT2D eigenvalue weighted by atomic mass is 9.94. The monoisotopic (exact) mass is 242 g/mol. The second-order valence-corrected chi connectivity index (χ2v) is 5.03. The average Bonchev–Trinajstić information content (AvgIpc) is 2.29. The zero-order chi connectivity index (χ0) is 13.2. The number of hydrogen-bond acceptors (Lipinski definition) is 3. The summed E-state index contributed by atoms with van der Waals surface area (Å²) in [5.41, 5.74) is 0. The summed E-state index contributed by atoms with van der Waals surface area (Å²) in [6.45, 7) is 7.59. The van der Waals surface area contributed by atoms with Crippen LogP contribution in [0.3, 0.4) is 0 Å². The summed E-state index contributed by atoms with van der Waals surface area (Å²) in [6.07, 6.45) is 0. The van der Waals surface area contributed by atoms with Crippen molar-refractivity contribution in [2.75, 3.05) is 26.7 Å². The van der Waals surface area contributed by atoms with E-state index in [2.05, 4.69) is 11.8 Å². The molecule has 0 radical (unpaired) electrons. The van der Waals surface area contributed by atoms with Crippen molar-refractivity contribution >= 4 is 11.9 Å². The van der Waals surface area contributed by atoms with E-state index in [0.717, 1.165) is 6.54 Å². The van der Waals surface area contributed by atoms with Crippen LogP contribution in [-0.2, 0) is 9.59 Å². The summed E-state index contributed by atoms with van der Waals surface area (Å²) in [5.74, 6) is -2.03. The van der Waals surface area contributed by atoms with E-state index in [1.165, 1.54) is 0 Å². The van der Waals surface area contributed by atoms with E-state index in [-0.39, 0.29) is 5.91 Å². The van der Waals surface area contributed by atoms with Gasteiger partial charge in [0, 0.05) is 31.6 Å². The number of likely N-dealkylation sites (N-methyl/N-ethyl adjacent to an activating group) is 1. The number of carbonyl (C=O) groups is 2. The maximum Gasteiger partial charge on any atom is 0.307 e. The molecule has 1 fully saturated rings. The first-order valence-corrected chi connectivity index (χ1v) is 6.06. The lowest BCUT2D eigenvalue weighted by Gasteiger charge is -2.39. The van der Waals surface area contributed by atoms with Gasteiger partial charge in [-0.2, -0.15) is 0 Å². The van der Waals surface area contributed by atoms with Gasteiger partial charge >= 0.3 is 5.97 Å². The van der Waals surface area contributed by atoms with Crippen molar-refractivity contribution in [2.24, 2.45) is 11.8 Å². The molecule has 3 atom stereocenters. The minimum atomic E-state index is -0.909. The SMILES string of the molecule is CC(C(=O)O)C(C)C(=O)N1CCN(C)C(C)C1. The number of carboxylic acid groups (broad SMARTS) is 1. The van der Waals surface area contributed by atoms with Gasteiger partial charge in [0.25, 0.3) is 0 Å². The van der Waals surface area contributed by atoms with Gasteiger partial charge in [0.15, 0.2) is 0 Å². The van der Waals surface area contributed by atoms with Crippen molar-refractivity contribution in [1.29, 1.82) is 0 Å². The molecule has 0 spiro atoms. The largest absolute Gasteiger partial charge is 0.481 e. The van der Waals surface area contributed by atoms with Crippen LogP contribution in [0.2, 0.25) is 0 Å². The molecule has 1 aliphatic heterocycles. The Balaban J connectivity index is 2.61. The van der Waals surface area contributed by atoms with Gasteiger partial charge in [0.2, 0.25) is 5.91 Å². The van der Waals surface area contributed by atoms with Gasteiger partial charge in [0.05, 0.1) is 5.92 Å². The highest BCUT2D eigenvalue weighted by Crippen LogP contribution is 2.17. The Kier molecular flexibility index (Phi) is 4.51. The molecule has 1 amide bonds. The van der Waals surface area contributed by atoms with Crippen LogP contribution in [0.25, 0.3) is 0 Å². The highest BCUT2D eigenvalue weighted by Gasteiger charge is 2.32. The fourth-order valence-corrected chi connectivity index (χ4v) is 1.96. The summed E-state index contributed by atoms with van der Waals surface area (Å²) in [7, 11) is 2.04. The number of carboxylic acids is 1. The zero-order valence-corrected chi connectivity index (χ0v) is 11.0. The molecule has 0 aliphatic carbocycles. The Labute approximate surface area is 102 Å². The smallest absolute Gasteiger partial charge is 0.307 e. The molecule has 1 N–H and O–H groups in total. The second kappa shape index (κ2) is 5.49. The molecule has 0 aromatic carbocycles. The minimum absolute atomic E-state index is 0.0418. The highest BCUT2D eigenvalue weighted by molar-refractivity contribution is 5.84. The maximum atomic E-state index is 12.1. The molecule has 1 heterocycles. The molecule has 0 aromatic rings. The van der Waals surface area contributed by atoms with E-state index >= 15 is 0 Å². The Morgan fingerprint density at radius 2 is 1.82 bits per heavy atom. The molecule has 0 saturated carbocycles. The third-order valence-corrected chi connectivity index (χ3v) is 3.80. The van der Waals surface area contributed by atoms with Gasteiger partial charge in [-0.25, -0.2) is 0 Å². The molecule has 17 heavy (non-hydrogen) atoms.